The monoisotopic (exact) mass is 459 g/mol. The van der Waals surface area contributed by atoms with E-state index in [-0.39, 0.29) is 36.8 Å². The van der Waals surface area contributed by atoms with Crippen molar-refractivity contribution in [2.24, 2.45) is 0 Å². The summed E-state index contributed by atoms with van der Waals surface area (Å²) in [7, 11) is 1.67. The van der Waals surface area contributed by atoms with Crippen molar-refractivity contribution in [3.05, 3.63) is 52.2 Å². The zero-order valence-corrected chi connectivity index (χ0v) is 19.5. The van der Waals surface area contributed by atoms with Crippen molar-refractivity contribution in [1.29, 1.82) is 0 Å². The Morgan fingerprint density at radius 1 is 1.21 bits per heavy atom. The minimum atomic E-state index is 0. The Bertz CT molecular complexity index is 707. The minimum Gasteiger partial charge on any atom is -0.497 e. The SMILES string of the molecule is COc1ccc(CN(C(=O)CN2CCNCC2)C(C)Cc2cccs2)cc1.Cl.Cl. The summed E-state index contributed by atoms with van der Waals surface area (Å²) in [6.07, 6.45) is 0.890. The highest BCUT2D eigenvalue weighted by Crippen LogP contribution is 2.19. The van der Waals surface area contributed by atoms with E-state index in [0.29, 0.717) is 13.1 Å². The van der Waals surface area contributed by atoms with Gasteiger partial charge >= 0.3 is 0 Å². The van der Waals surface area contributed by atoms with Crippen LogP contribution in [0.3, 0.4) is 0 Å². The molecule has 2 heterocycles. The molecule has 1 unspecified atom stereocenters. The van der Waals surface area contributed by atoms with Crippen LogP contribution in [-0.4, -0.2) is 61.6 Å². The van der Waals surface area contributed by atoms with Crippen LogP contribution in [0.4, 0.5) is 0 Å². The first-order valence-corrected chi connectivity index (χ1v) is 10.4. The van der Waals surface area contributed by atoms with Crippen molar-refractivity contribution < 1.29 is 9.53 Å². The van der Waals surface area contributed by atoms with Gasteiger partial charge in [-0.2, -0.15) is 0 Å². The molecule has 1 aliphatic heterocycles. The van der Waals surface area contributed by atoms with E-state index in [1.165, 1.54) is 4.88 Å². The molecule has 1 amide bonds. The molecule has 1 saturated heterocycles. The fraction of sp³-hybridized carbons (Fsp3) is 0.476. The molecular formula is C21H31Cl2N3O2S. The van der Waals surface area contributed by atoms with Gasteiger partial charge < -0.3 is 15.0 Å². The zero-order valence-electron chi connectivity index (χ0n) is 17.0. The van der Waals surface area contributed by atoms with Crippen LogP contribution in [0.5, 0.6) is 5.75 Å². The first-order valence-electron chi connectivity index (χ1n) is 9.53. The van der Waals surface area contributed by atoms with Crippen molar-refractivity contribution in [2.75, 3.05) is 39.8 Å². The summed E-state index contributed by atoms with van der Waals surface area (Å²) < 4.78 is 5.25. The third-order valence-corrected chi connectivity index (χ3v) is 5.91. The van der Waals surface area contributed by atoms with Gasteiger partial charge in [0.05, 0.1) is 13.7 Å². The third-order valence-electron chi connectivity index (χ3n) is 5.01. The second-order valence-corrected chi connectivity index (χ2v) is 8.06. The first-order chi connectivity index (χ1) is 13.2. The predicted molar refractivity (Wildman–Crippen MR) is 125 cm³/mol. The van der Waals surface area contributed by atoms with Crippen LogP contribution in [0, 0.1) is 0 Å². The van der Waals surface area contributed by atoms with E-state index >= 15 is 0 Å². The molecule has 8 heteroatoms. The van der Waals surface area contributed by atoms with E-state index in [1.807, 2.05) is 29.2 Å². The Morgan fingerprint density at radius 3 is 2.48 bits per heavy atom. The number of nitrogens with one attached hydrogen (secondary N) is 1. The van der Waals surface area contributed by atoms with Gasteiger partial charge in [-0.25, -0.2) is 0 Å². The third kappa shape index (κ3) is 7.79. The highest BCUT2D eigenvalue weighted by atomic mass is 35.5. The molecule has 1 atom stereocenters. The number of halogens is 2. The van der Waals surface area contributed by atoms with Crippen LogP contribution in [0.15, 0.2) is 41.8 Å². The van der Waals surface area contributed by atoms with E-state index in [0.717, 1.165) is 43.9 Å². The Kier molecular flexibility index (Phi) is 11.6. The number of methoxy groups -OCH3 is 1. The largest absolute Gasteiger partial charge is 0.497 e. The molecule has 1 aromatic heterocycles. The van der Waals surface area contributed by atoms with Gasteiger partial charge in [-0.15, -0.1) is 36.2 Å². The Balaban J connectivity index is 0.00000210. The number of hydrogen-bond acceptors (Lipinski definition) is 5. The molecule has 162 valence electrons. The summed E-state index contributed by atoms with van der Waals surface area (Å²) in [5.74, 6) is 1.04. The molecular weight excluding hydrogens is 429 g/mol. The van der Waals surface area contributed by atoms with Crippen molar-refractivity contribution in [3.8, 4) is 5.75 Å². The van der Waals surface area contributed by atoms with Crippen LogP contribution in [0.1, 0.15) is 17.4 Å². The molecule has 2 aromatic rings. The van der Waals surface area contributed by atoms with E-state index in [1.54, 1.807) is 18.4 Å². The number of hydrogen-bond donors (Lipinski definition) is 1. The lowest BCUT2D eigenvalue weighted by Crippen LogP contribution is -2.50. The molecule has 1 aromatic carbocycles. The van der Waals surface area contributed by atoms with Gasteiger partial charge in [0, 0.05) is 50.1 Å². The average Bonchev–Trinajstić information content (AvgIpc) is 3.20. The molecule has 1 fully saturated rings. The molecule has 3 rings (SSSR count). The van der Waals surface area contributed by atoms with Crippen molar-refractivity contribution in [3.63, 3.8) is 0 Å². The smallest absolute Gasteiger partial charge is 0.237 e. The van der Waals surface area contributed by atoms with Crippen LogP contribution >= 0.6 is 36.2 Å². The van der Waals surface area contributed by atoms with Gasteiger partial charge in [-0.05, 0) is 36.1 Å². The Labute approximate surface area is 190 Å². The summed E-state index contributed by atoms with van der Waals surface area (Å²) in [5.41, 5.74) is 1.13. The second-order valence-electron chi connectivity index (χ2n) is 7.03. The number of piperazine rings is 1. The second kappa shape index (κ2) is 13.1. The topological polar surface area (TPSA) is 44.8 Å². The molecule has 0 aliphatic carbocycles. The maximum Gasteiger partial charge on any atom is 0.237 e. The van der Waals surface area contributed by atoms with Crippen LogP contribution in [-0.2, 0) is 17.8 Å². The summed E-state index contributed by atoms with van der Waals surface area (Å²) in [6, 6.07) is 12.4. The van der Waals surface area contributed by atoms with E-state index in [9.17, 15) is 4.79 Å². The summed E-state index contributed by atoms with van der Waals surface area (Å²) in [4.78, 5) is 18.7. The van der Waals surface area contributed by atoms with Gasteiger partial charge in [0.15, 0.2) is 0 Å². The molecule has 0 saturated carbocycles. The lowest BCUT2D eigenvalue weighted by molar-refractivity contribution is -0.135. The molecule has 1 aliphatic rings. The number of benzene rings is 1. The van der Waals surface area contributed by atoms with Crippen LogP contribution in [0.25, 0.3) is 0 Å². The number of amides is 1. The molecule has 0 spiro atoms. The molecule has 1 N–H and O–H groups in total. The highest BCUT2D eigenvalue weighted by Gasteiger charge is 2.24. The maximum atomic E-state index is 13.2. The van der Waals surface area contributed by atoms with E-state index < -0.39 is 0 Å². The van der Waals surface area contributed by atoms with Gasteiger partial charge in [0.1, 0.15) is 5.75 Å². The number of thiophene rings is 1. The van der Waals surface area contributed by atoms with Crippen molar-refractivity contribution in [1.82, 2.24) is 15.1 Å². The minimum absolute atomic E-state index is 0. The van der Waals surface area contributed by atoms with Gasteiger partial charge in [0.25, 0.3) is 0 Å². The Hall–Kier alpha value is -1.31. The van der Waals surface area contributed by atoms with E-state index in [4.69, 9.17) is 4.74 Å². The van der Waals surface area contributed by atoms with Crippen LogP contribution < -0.4 is 10.1 Å². The predicted octanol–water partition coefficient (Wildman–Crippen LogP) is 3.47. The van der Waals surface area contributed by atoms with Crippen molar-refractivity contribution in [2.45, 2.75) is 25.9 Å². The number of carbonyl (C=O) groups excluding carboxylic acids is 1. The lowest BCUT2D eigenvalue weighted by atomic mass is 10.1. The van der Waals surface area contributed by atoms with Crippen molar-refractivity contribution >= 4 is 42.1 Å². The summed E-state index contributed by atoms with van der Waals surface area (Å²) in [5, 5.41) is 5.44. The quantitative estimate of drug-likeness (QED) is 0.656. The molecule has 0 radical (unpaired) electrons. The number of carbonyl (C=O) groups is 1. The normalized spacial score (nSPS) is 15.0. The first kappa shape index (κ1) is 25.7. The average molecular weight is 460 g/mol. The maximum absolute atomic E-state index is 13.2. The fourth-order valence-electron chi connectivity index (χ4n) is 3.40. The van der Waals surface area contributed by atoms with Gasteiger partial charge in [0.2, 0.25) is 5.91 Å². The van der Waals surface area contributed by atoms with E-state index in [2.05, 4.69) is 34.7 Å². The molecule has 0 bridgehead atoms. The van der Waals surface area contributed by atoms with Gasteiger partial charge in [-0.3, -0.25) is 9.69 Å². The summed E-state index contributed by atoms with van der Waals surface area (Å²) in [6.45, 7) is 7.04. The van der Waals surface area contributed by atoms with Gasteiger partial charge in [-0.1, -0.05) is 18.2 Å². The lowest BCUT2D eigenvalue weighted by Gasteiger charge is -2.33. The number of nitrogens with zero attached hydrogens (tertiary/aromatic N) is 2. The number of rotatable bonds is 8. The summed E-state index contributed by atoms with van der Waals surface area (Å²) >= 11 is 1.75. The molecule has 29 heavy (non-hydrogen) atoms. The molecule has 5 nitrogen and oxygen atoms in total. The highest BCUT2D eigenvalue weighted by molar-refractivity contribution is 7.09. The zero-order chi connectivity index (χ0) is 19.1. The van der Waals surface area contributed by atoms with Crippen LogP contribution in [0.2, 0.25) is 0 Å². The fourth-order valence-corrected chi connectivity index (χ4v) is 4.23. The standard InChI is InChI=1S/C21H29N3O2S.2ClH/c1-17(14-20-4-3-13-27-20)24(15-18-5-7-19(26-2)8-6-18)21(25)16-23-11-9-22-10-12-23;;/h3-8,13,17,22H,9-12,14-16H2,1-2H3;2*1H. The Morgan fingerprint density at radius 2 is 1.90 bits per heavy atom. The number of ether oxygens (including phenoxy) is 1.